The van der Waals surface area contributed by atoms with Crippen molar-refractivity contribution >= 4 is 0 Å². The number of nitrogens with one attached hydrogen (secondary N) is 1. The van der Waals surface area contributed by atoms with Crippen molar-refractivity contribution in [2.45, 2.75) is 49.8 Å². The summed E-state index contributed by atoms with van der Waals surface area (Å²) >= 11 is 0. The lowest BCUT2D eigenvalue weighted by Gasteiger charge is -2.22. The standard InChI is InChI=1S/C16H20N2O2/c1-19-13-3-2-4-14(9-13)20-15-7-8-16(10-15,11-17)18-12-5-6-12/h2-4,9,12,15,18H,5-8,10H2,1H3. The van der Waals surface area contributed by atoms with Gasteiger partial charge in [0.15, 0.2) is 0 Å². The van der Waals surface area contributed by atoms with Crippen LogP contribution in [-0.4, -0.2) is 24.8 Å². The zero-order chi connectivity index (χ0) is 14.0. The zero-order valence-electron chi connectivity index (χ0n) is 11.8. The third-order valence-electron chi connectivity index (χ3n) is 4.08. The van der Waals surface area contributed by atoms with Crippen molar-refractivity contribution in [3.8, 4) is 17.6 Å². The van der Waals surface area contributed by atoms with Crippen LogP contribution in [0, 0.1) is 11.3 Å². The summed E-state index contributed by atoms with van der Waals surface area (Å²) in [5, 5.41) is 13.0. The highest BCUT2D eigenvalue weighted by molar-refractivity contribution is 5.33. The van der Waals surface area contributed by atoms with E-state index >= 15 is 0 Å². The first-order valence-electron chi connectivity index (χ1n) is 7.23. The van der Waals surface area contributed by atoms with Crippen LogP contribution in [0.15, 0.2) is 24.3 Å². The Morgan fingerprint density at radius 2 is 2.10 bits per heavy atom. The Morgan fingerprint density at radius 1 is 1.30 bits per heavy atom. The smallest absolute Gasteiger partial charge is 0.123 e. The molecule has 1 aromatic carbocycles. The minimum atomic E-state index is -0.384. The molecule has 1 N–H and O–H groups in total. The van der Waals surface area contributed by atoms with Crippen LogP contribution in [-0.2, 0) is 0 Å². The van der Waals surface area contributed by atoms with Crippen LogP contribution in [0.3, 0.4) is 0 Å². The molecule has 2 aliphatic carbocycles. The van der Waals surface area contributed by atoms with Gasteiger partial charge in [-0.05, 0) is 37.8 Å². The van der Waals surface area contributed by atoms with Crippen molar-refractivity contribution in [2.24, 2.45) is 0 Å². The fourth-order valence-corrected chi connectivity index (χ4v) is 2.85. The molecule has 0 saturated heterocycles. The van der Waals surface area contributed by atoms with Crippen LogP contribution in [0.2, 0.25) is 0 Å². The number of benzene rings is 1. The molecule has 3 rings (SSSR count). The zero-order valence-corrected chi connectivity index (χ0v) is 11.8. The van der Waals surface area contributed by atoms with E-state index in [4.69, 9.17) is 9.47 Å². The molecule has 0 heterocycles. The van der Waals surface area contributed by atoms with Gasteiger partial charge >= 0.3 is 0 Å². The van der Waals surface area contributed by atoms with Gasteiger partial charge in [0.05, 0.1) is 13.2 Å². The van der Waals surface area contributed by atoms with Crippen LogP contribution in [0.1, 0.15) is 32.1 Å². The quantitative estimate of drug-likeness (QED) is 0.895. The van der Waals surface area contributed by atoms with E-state index in [1.165, 1.54) is 12.8 Å². The summed E-state index contributed by atoms with van der Waals surface area (Å²) in [6.07, 6.45) is 5.06. The SMILES string of the molecule is COc1cccc(OC2CCC(C#N)(NC3CC3)C2)c1. The van der Waals surface area contributed by atoms with Gasteiger partial charge in [-0.3, -0.25) is 5.32 Å². The second-order valence-electron chi connectivity index (χ2n) is 5.77. The second-order valence-corrected chi connectivity index (χ2v) is 5.77. The number of nitriles is 1. The minimum Gasteiger partial charge on any atom is -0.497 e. The first-order valence-corrected chi connectivity index (χ1v) is 7.23. The maximum absolute atomic E-state index is 9.47. The summed E-state index contributed by atoms with van der Waals surface area (Å²) in [6, 6.07) is 10.7. The van der Waals surface area contributed by atoms with Crippen LogP contribution in [0.4, 0.5) is 0 Å². The van der Waals surface area contributed by atoms with Gasteiger partial charge in [-0.1, -0.05) is 6.07 Å². The first-order chi connectivity index (χ1) is 9.73. The van der Waals surface area contributed by atoms with Gasteiger partial charge in [-0.15, -0.1) is 0 Å². The fourth-order valence-electron chi connectivity index (χ4n) is 2.85. The molecule has 4 heteroatoms. The van der Waals surface area contributed by atoms with Crippen molar-refractivity contribution in [3.63, 3.8) is 0 Å². The van der Waals surface area contributed by atoms with Gasteiger partial charge in [0.1, 0.15) is 23.1 Å². The lowest BCUT2D eigenvalue weighted by atomic mass is 9.99. The number of rotatable bonds is 5. The van der Waals surface area contributed by atoms with E-state index in [9.17, 15) is 5.26 Å². The van der Waals surface area contributed by atoms with Crippen molar-refractivity contribution < 1.29 is 9.47 Å². The van der Waals surface area contributed by atoms with E-state index in [1.807, 2.05) is 24.3 Å². The molecule has 106 valence electrons. The maximum Gasteiger partial charge on any atom is 0.123 e. The molecule has 2 atom stereocenters. The largest absolute Gasteiger partial charge is 0.497 e. The summed E-state index contributed by atoms with van der Waals surface area (Å²) < 4.78 is 11.2. The van der Waals surface area contributed by atoms with Crippen LogP contribution in [0.25, 0.3) is 0 Å². The van der Waals surface area contributed by atoms with E-state index in [0.717, 1.165) is 30.8 Å². The molecule has 0 spiro atoms. The molecule has 2 aliphatic rings. The van der Waals surface area contributed by atoms with Crippen molar-refractivity contribution in [2.75, 3.05) is 7.11 Å². The van der Waals surface area contributed by atoms with E-state index in [2.05, 4.69) is 11.4 Å². The van der Waals surface area contributed by atoms with Crippen LogP contribution < -0.4 is 14.8 Å². The third-order valence-corrected chi connectivity index (χ3v) is 4.08. The lowest BCUT2D eigenvalue weighted by Crippen LogP contribution is -2.43. The van der Waals surface area contributed by atoms with E-state index in [1.54, 1.807) is 7.11 Å². The molecule has 0 aliphatic heterocycles. The predicted octanol–water partition coefficient (Wildman–Crippen LogP) is 2.64. The molecule has 2 unspecified atom stereocenters. The Labute approximate surface area is 119 Å². The highest BCUT2D eigenvalue weighted by atomic mass is 16.5. The Kier molecular flexibility index (Phi) is 3.54. The highest BCUT2D eigenvalue weighted by Gasteiger charge is 2.43. The summed E-state index contributed by atoms with van der Waals surface area (Å²) in [6.45, 7) is 0. The molecular weight excluding hydrogens is 252 g/mol. The van der Waals surface area contributed by atoms with E-state index in [-0.39, 0.29) is 11.6 Å². The van der Waals surface area contributed by atoms with Crippen molar-refractivity contribution in [1.29, 1.82) is 5.26 Å². The average Bonchev–Trinajstić information content (AvgIpc) is 3.19. The Balaban J connectivity index is 1.63. The van der Waals surface area contributed by atoms with Gasteiger partial charge in [-0.2, -0.15) is 5.26 Å². The second kappa shape index (κ2) is 5.34. The molecule has 4 nitrogen and oxygen atoms in total. The van der Waals surface area contributed by atoms with Gasteiger partial charge in [-0.25, -0.2) is 0 Å². The molecular formula is C16H20N2O2. The van der Waals surface area contributed by atoms with Crippen LogP contribution >= 0.6 is 0 Å². The monoisotopic (exact) mass is 272 g/mol. The number of ether oxygens (including phenoxy) is 2. The number of nitrogens with zero attached hydrogens (tertiary/aromatic N) is 1. The normalized spacial score (nSPS) is 28.9. The predicted molar refractivity (Wildman–Crippen MR) is 75.8 cm³/mol. The fraction of sp³-hybridized carbons (Fsp3) is 0.562. The minimum absolute atomic E-state index is 0.105. The van der Waals surface area contributed by atoms with Gasteiger partial charge in [0.25, 0.3) is 0 Å². The molecule has 20 heavy (non-hydrogen) atoms. The molecule has 1 aromatic rings. The molecule has 2 saturated carbocycles. The summed E-state index contributed by atoms with van der Waals surface area (Å²) in [4.78, 5) is 0. The van der Waals surface area contributed by atoms with E-state index in [0.29, 0.717) is 6.04 Å². The Hall–Kier alpha value is -1.73. The Bertz CT molecular complexity index is 521. The highest BCUT2D eigenvalue weighted by Crippen LogP contribution is 2.36. The maximum atomic E-state index is 9.47. The number of hydrogen-bond donors (Lipinski definition) is 1. The summed E-state index contributed by atoms with van der Waals surface area (Å²) in [7, 11) is 1.65. The lowest BCUT2D eigenvalue weighted by molar-refractivity contribution is 0.200. The Morgan fingerprint density at radius 3 is 2.80 bits per heavy atom. The van der Waals surface area contributed by atoms with Crippen molar-refractivity contribution in [1.82, 2.24) is 5.32 Å². The molecule has 0 bridgehead atoms. The number of hydrogen-bond acceptors (Lipinski definition) is 4. The molecule has 0 aromatic heterocycles. The third kappa shape index (κ3) is 2.88. The molecule has 0 radical (unpaired) electrons. The number of methoxy groups -OCH3 is 1. The first kappa shape index (κ1) is 13.3. The van der Waals surface area contributed by atoms with E-state index < -0.39 is 0 Å². The molecule has 0 amide bonds. The average molecular weight is 272 g/mol. The van der Waals surface area contributed by atoms with Gasteiger partial charge < -0.3 is 9.47 Å². The summed E-state index contributed by atoms with van der Waals surface area (Å²) in [5.41, 5.74) is -0.384. The summed E-state index contributed by atoms with van der Waals surface area (Å²) in [5.74, 6) is 1.61. The molecule has 2 fully saturated rings. The van der Waals surface area contributed by atoms with Crippen LogP contribution in [0.5, 0.6) is 11.5 Å². The van der Waals surface area contributed by atoms with Gasteiger partial charge in [0.2, 0.25) is 0 Å². The van der Waals surface area contributed by atoms with Gasteiger partial charge in [0, 0.05) is 18.5 Å². The topological polar surface area (TPSA) is 54.3 Å². The van der Waals surface area contributed by atoms with Crippen molar-refractivity contribution in [3.05, 3.63) is 24.3 Å².